The molecule has 18 heavy (non-hydrogen) atoms. The molecular formula is C13H20F2N2O. The summed E-state index contributed by atoms with van der Waals surface area (Å²) in [6.45, 7) is 4.63. The van der Waals surface area contributed by atoms with Crippen molar-refractivity contribution >= 4 is 5.78 Å². The van der Waals surface area contributed by atoms with Gasteiger partial charge in [-0.2, -0.15) is 13.9 Å². The standard InChI is InChI=1S/C13H20F2N2O/c1-4-6-10(7-12(18)5-2)11-8-16-17(9-11)13(3,14)15/h8-10H,4-7H2,1-3H3. The van der Waals surface area contributed by atoms with E-state index in [4.69, 9.17) is 0 Å². The van der Waals surface area contributed by atoms with Crippen LogP contribution in [0.1, 0.15) is 57.9 Å². The largest absolute Gasteiger partial charge is 0.340 e. The van der Waals surface area contributed by atoms with Crippen molar-refractivity contribution in [3.63, 3.8) is 0 Å². The molecule has 1 aromatic heterocycles. The van der Waals surface area contributed by atoms with Gasteiger partial charge >= 0.3 is 6.05 Å². The van der Waals surface area contributed by atoms with E-state index in [0.29, 0.717) is 17.5 Å². The van der Waals surface area contributed by atoms with Gasteiger partial charge in [0, 0.05) is 26.0 Å². The number of hydrogen-bond donors (Lipinski definition) is 0. The molecule has 0 N–H and O–H groups in total. The van der Waals surface area contributed by atoms with Gasteiger partial charge in [-0.3, -0.25) is 4.79 Å². The number of carbonyl (C=O) groups is 1. The third-order valence-electron chi connectivity index (χ3n) is 2.98. The first-order chi connectivity index (χ1) is 8.38. The molecule has 0 fully saturated rings. The molecule has 5 heteroatoms. The smallest absolute Gasteiger partial charge is 0.300 e. The molecule has 0 spiro atoms. The number of halogens is 2. The molecule has 0 aliphatic carbocycles. The zero-order valence-electron chi connectivity index (χ0n) is 11.1. The highest BCUT2D eigenvalue weighted by Gasteiger charge is 2.26. The van der Waals surface area contributed by atoms with Crippen molar-refractivity contribution in [1.82, 2.24) is 9.78 Å². The average Bonchev–Trinajstić information content (AvgIpc) is 2.77. The third-order valence-corrected chi connectivity index (χ3v) is 2.98. The number of alkyl halides is 2. The second kappa shape index (κ2) is 6.07. The maximum absolute atomic E-state index is 13.1. The van der Waals surface area contributed by atoms with Gasteiger partial charge in [-0.1, -0.05) is 20.3 Å². The number of carbonyl (C=O) groups excluding carboxylic acids is 1. The quantitative estimate of drug-likeness (QED) is 0.747. The van der Waals surface area contributed by atoms with E-state index in [0.717, 1.165) is 25.3 Å². The van der Waals surface area contributed by atoms with Gasteiger partial charge in [-0.15, -0.1) is 0 Å². The Balaban J connectivity index is 2.85. The van der Waals surface area contributed by atoms with Crippen LogP contribution in [0.25, 0.3) is 0 Å². The molecule has 0 amide bonds. The van der Waals surface area contributed by atoms with Gasteiger partial charge in [0.1, 0.15) is 5.78 Å². The number of rotatable bonds is 7. The van der Waals surface area contributed by atoms with Gasteiger partial charge in [0.05, 0.1) is 6.20 Å². The number of nitrogens with zero attached hydrogens (tertiary/aromatic N) is 2. The lowest BCUT2D eigenvalue weighted by Gasteiger charge is -2.13. The fourth-order valence-corrected chi connectivity index (χ4v) is 1.92. The second-order valence-corrected chi connectivity index (χ2v) is 4.64. The van der Waals surface area contributed by atoms with E-state index in [2.05, 4.69) is 5.10 Å². The summed E-state index contributed by atoms with van der Waals surface area (Å²) < 4.78 is 26.8. The molecule has 0 radical (unpaired) electrons. The van der Waals surface area contributed by atoms with Crippen molar-refractivity contribution in [2.45, 2.75) is 58.4 Å². The second-order valence-electron chi connectivity index (χ2n) is 4.64. The average molecular weight is 258 g/mol. The van der Waals surface area contributed by atoms with Gasteiger partial charge in [0.25, 0.3) is 0 Å². The summed E-state index contributed by atoms with van der Waals surface area (Å²) in [7, 11) is 0. The van der Waals surface area contributed by atoms with E-state index in [1.54, 1.807) is 0 Å². The molecule has 0 saturated carbocycles. The fourth-order valence-electron chi connectivity index (χ4n) is 1.92. The molecule has 0 aliphatic heterocycles. The van der Waals surface area contributed by atoms with Crippen molar-refractivity contribution in [1.29, 1.82) is 0 Å². The van der Waals surface area contributed by atoms with Crippen LogP contribution in [0.15, 0.2) is 12.4 Å². The van der Waals surface area contributed by atoms with Crippen LogP contribution >= 0.6 is 0 Å². The van der Waals surface area contributed by atoms with Gasteiger partial charge in [0.15, 0.2) is 0 Å². The molecule has 0 aliphatic rings. The van der Waals surface area contributed by atoms with E-state index in [1.165, 1.54) is 12.4 Å². The highest BCUT2D eigenvalue weighted by atomic mass is 19.3. The molecular weight excluding hydrogens is 238 g/mol. The Morgan fingerprint density at radius 3 is 2.61 bits per heavy atom. The maximum atomic E-state index is 13.1. The Morgan fingerprint density at radius 2 is 2.17 bits per heavy atom. The van der Waals surface area contributed by atoms with Gasteiger partial charge < -0.3 is 0 Å². The van der Waals surface area contributed by atoms with Crippen LogP contribution < -0.4 is 0 Å². The van der Waals surface area contributed by atoms with E-state index in [-0.39, 0.29) is 11.7 Å². The minimum absolute atomic E-state index is 0.00134. The van der Waals surface area contributed by atoms with E-state index in [1.807, 2.05) is 13.8 Å². The van der Waals surface area contributed by atoms with Crippen molar-refractivity contribution in [3.05, 3.63) is 18.0 Å². The molecule has 0 saturated heterocycles. The first-order valence-corrected chi connectivity index (χ1v) is 6.33. The summed E-state index contributed by atoms with van der Waals surface area (Å²) in [6.07, 6.45) is 5.41. The fraction of sp³-hybridized carbons (Fsp3) is 0.692. The van der Waals surface area contributed by atoms with Crippen LogP contribution in [0.2, 0.25) is 0 Å². The van der Waals surface area contributed by atoms with Crippen molar-refractivity contribution in [3.8, 4) is 0 Å². The van der Waals surface area contributed by atoms with Crippen molar-refractivity contribution in [2.24, 2.45) is 0 Å². The topological polar surface area (TPSA) is 34.9 Å². The molecule has 1 unspecified atom stereocenters. The summed E-state index contributed by atoms with van der Waals surface area (Å²) in [5.74, 6) is 0.156. The zero-order chi connectivity index (χ0) is 13.8. The van der Waals surface area contributed by atoms with Gasteiger partial charge in [-0.25, -0.2) is 4.68 Å². The minimum atomic E-state index is -3.00. The SMILES string of the molecule is CCCC(CC(=O)CC)c1cnn(C(C)(F)F)c1. The summed E-state index contributed by atoms with van der Waals surface area (Å²) >= 11 is 0. The van der Waals surface area contributed by atoms with Crippen LogP contribution in [0.3, 0.4) is 0 Å². The third kappa shape index (κ3) is 3.89. The zero-order valence-corrected chi connectivity index (χ0v) is 11.1. The number of hydrogen-bond acceptors (Lipinski definition) is 2. The lowest BCUT2D eigenvalue weighted by Crippen LogP contribution is -2.18. The molecule has 3 nitrogen and oxygen atoms in total. The molecule has 0 aromatic carbocycles. The summed E-state index contributed by atoms with van der Waals surface area (Å²) in [6, 6.07) is -3.00. The first kappa shape index (κ1) is 14.8. The van der Waals surface area contributed by atoms with Gasteiger partial charge in [0.2, 0.25) is 0 Å². The Morgan fingerprint density at radius 1 is 1.50 bits per heavy atom. The monoisotopic (exact) mass is 258 g/mol. The first-order valence-electron chi connectivity index (χ1n) is 6.33. The van der Waals surface area contributed by atoms with Crippen LogP contribution in [-0.4, -0.2) is 15.6 Å². The van der Waals surface area contributed by atoms with Crippen LogP contribution in [0, 0.1) is 0 Å². The number of ketones is 1. The van der Waals surface area contributed by atoms with Crippen molar-refractivity contribution < 1.29 is 13.6 Å². The minimum Gasteiger partial charge on any atom is -0.300 e. The molecule has 1 heterocycles. The predicted molar refractivity (Wildman–Crippen MR) is 65.7 cm³/mol. The lowest BCUT2D eigenvalue weighted by molar-refractivity contribution is -0.119. The van der Waals surface area contributed by atoms with E-state index < -0.39 is 6.05 Å². The molecule has 102 valence electrons. The molecule has 1 rings (SSSR count). The highest BCUT2D eigenvalue weighted by molar-refractivity contribution is 5.78. The number of Topliss-reactive ketones (excluding diaryl/α,β-unsaturated/α-hetero) is 1. The maximum Gasteiger partial charge on any atom is 0.340 e. The summed E-state index contributed by atoms with van der Waals surface area (Å²) in [4.78, 5) is 11.5. The summed E-state index contributed by atoms with van der Waals surface area (Å²) in [5, 5.41) is 3.68. The normalized spacial score (nSPS) is 13.6. The number of aromatic nitrogens is 2. The summed E-state index contributed by atoms with van der Waals surface area (Å²) in [5.41, 5.74) is 0.722. The van der Waals surface area contributed by atoms with Crippen molar-refractivity contribution in [2.75, 3.05) is 0 Å². The lowest BCUT2D eigenvalue weighted by atomic mass is 9.91. The Kier molecular flexibility index (Phi) is 4.99. The molecule has 0 bridgehead atoms. The van der Waals surface area contributed by atoms with E-state index >= 15 is 0 Å². The van der Waals surface area contributed by atoms with Crippen LogP contribution in [0.4, 0.5) is 8.78 Å². The van der Waals surface area contributed by atoms with Crippen LogP contribution in [0.5, 0.6) is 0 Å². The highest BCUT2D eigenvalue weighted by Crippen LogP contribution is 2.27. The Labute approximate surface area is 106 Å². The van der Waals surface area contributed by atoms with Crippen LogP contribution in [-0.2, 0) is 10.8 Å². The Bertz CT molecular complexity index is 396. The molecule has 1 atom stereocenters. The Hall–Kier alpha value is -1.26. The van der Waals surface area contributed by atoms with E-state index in [9.17, 15) is 13.6 Å². The predicted octanol–water partition coefficient (Wildman–Crippen LogP) is 3.71. The molecule has 1 aromatic rings. The van der Waals surface area contributed by atoms with Gasteiger partial charge in [-0.05, 0) is 17.9 Å².